The van der Waals surface area contributed by atoms with Crippen LogP contribution in [0.1, 0.15) is 23.9 Å². The van der Waals surface area contributed by atoms with E-state index in [1.165, 1.54) is 11.3 Å². The van der Waals surface area contributed by atoms with Gasteiger partial charge in [0.2, 0.25) is 0 Å². The van der Waals surface area contributed by atoms with Crippen molar-refractivity contribution in [1.82, 2.24) is 20.1 Å². The van der Waals surface area contributed by atoms with E-state index in [-0.39, 0.29) is 0 Å². The summed E-state index contributed by atoms with van der Waals surface area (Å²) in [6.45, 7) is 11.1. The second-order valence-electron chi connectivity index (χ2n) is 5.58. The lowest BCUT2D eigenvalue weighted by atomic mass is 10.2. The van der Waals surface area contributed by atoms with Crippen molar-refractivity contribution < 1.29 is 0 Å². The molecule has 0 radical (unpaired) electrons. The number of anilines is 1. The van der Waals surface area contributed by atoms with Gasteiger partial charge < -0.3 is 10.6 Å². The number of hydrogen-bond donors (Lipinski definition) is 2. The fourth-order valence-corrected chi connectivity index (χ4v) is 2.37. The van der Waals surface area contributed by atoms with Crippen LogP contribution in [0.15, 0.2) is 24.5 Å². The summed E-state index contributed by atoms with van der Waals surface area (Å²) in [4.78, 5) is 4.09. The van der Waals surface area contributed by atoms with Crippen LogP contribution in [0.2, 0.25) is 0 Å². The number of pyridine rings is 1. The van der Waals surface area contributed by atoms with Crippen LogP contribution < -0.4 is 10.6 Å². The molecule has 2 aromatic rings. The molecule has 0 bridgehead atoms. The highest BCUT2D eigenvalue weighted by molar-refractivity contribution is 5.48. The Labute approximate surface area is 126 Å². The molecule has 0 saturated heterocycles. The Morgan fingerprint density at radius 3 is 2.71 bits per heavy atom. The highest BCUT2D eigenvalue weighted by Gasteiger charge is 2.06. The van der Waals surface area contributed by atoms with Crippen molar-refractivity contribution in [3.05, 3.63) is 41.5 Å². The Morgan fingerprint density at radius 2 is 2.05 bits per heavy atom. The normalized spacial score (nSPS) is 12.4. The molecule has 2 rings (SSSR count). The molecular formula is C16H25N5. The molecule has 2 heterocycles. The zero-order valence-electron chi connectivity index (χ0n) is 13.3. The van der Waals surface area contributed by atoms with Crippen molar-refractivity contribution in [2.24, 2.45) is 0 Å². The van der Waals surface area contributed by atoms with Crippen molar-refractivity contribution in [3.63, 3.8) is 0 Å². The molecule has 0 aliphatic rings. The first-order chi connectivity index (χ1) is 10.1. The third-order valence-electron chi connectivity index (χ3n) is 3.50. The molecule has 5 heteroatoms. The average molecular weight is 287 g/mol. The predicted octanol–water partition coefficient (Wildman–Crippen LogP) is 2.29. The zero-order chi connectivity index (χ0) is 15.2. The molecule has 1 atom stereocenters. The van der Waals surface area contributed by atoms with Crippen LogP contribution >= 0.6 is 0 Å². The van der Waals surface area contributed by atoms with E-state index in [2.05, 4.69) is 52.2 Å². The molecule has 0 spiro atoms. The Bertz CT molecular complexity index is 576. The summed E-state index contributed by atoms with van der Waals surface area (Å²) in [5, 5.41) is 11.4. The molecule has 2 aromatic heterocycles. The lowest BCUT2D eigenvalue weighted by Crippen LogP contribution is -2.34. The summed E-state index contributed by atoms with van der Waals surface area (Å²) >= 11 is 0. The van der Waals surface area contributed by atoms with Gasteiger partial charge in [-0.3, -0.25) is 9.67 Å². The van der Waals surface area contributed by atoms with Crippen LogP contribution in [-0.2, 0) is 6.54 Å². The molecule has 0 aromatic carbocycles. The van der Waals surface area contributed by atoms with E-state index < -0.39 is 0 Å². The number of nitrogens with one attached hydrogen (secondary N) is 2. The summed E-state index contributed by atoms with van der Waals surface area (Å²) in [5.74, 6) is 0. The van der Waals surface area contributed by atoms with Gasteiger partial charge in [-0.15, -0.1) is 0 Å². The third kappa shape index (κ3) is 4.56. The standard InChI is InChI=1S/C16H25N5/c1-12-10-17-6-5-16(12)19-8-7-18-14(3)11-21-15(4)9-13(2)20-21/h5-6,9-10,14,18H,7-8,11H2,1-4H3,(H,17,19). The molecule has 0 aliphatic heterocycles. The van der Waals surface area contributed by atoms with Crippen LogP contribution in [0.25, 0.3) is 0 Å². The Hall–Kier alpha value is -1.88. The van der Waals surface area contributed by atoms with E-state index in [0.717, 1.165) is 31.0 Å². The molecule has 114 valence electrons. The van der Waals surface area contributed by atoms with Gasteiger partial charge in [-0.05, 0) is 45.4 Å². The summed E-state index contributed by atoms with van der Waals surface area (Å²) in [6.07, 6.45) is 3.69. The van der Waals surface area contributed by atoms with Gasteiger partial charge in [0.1, 0.15) is 0 Å². The maximum Gasteiger partial charge on any atom is 0.0596 e. The smallest absolute Gasteiger partial charge is 0.0596 e. The first kappa shape index (κ1) is 15.5. The molecule has 0 fully saturated rings. The lowest BCUT2D eigenvalue weighted by molar-refractivity contribution is 0.451. The number of hydrogen-bond acceptors (Lipinski definition) is 4. The predicted molar refractivity (Wildman–Crippen MR) is 86.6 cm³/mol. The second-order valence-corrected chi connectivity index (χ2v) is 5.58. The minimum atomic E-state index is 0.392. The number of nitrogens with zero attached hydrogens (tertiary/aromatic N) is 3. The number of rotatable bonds is 7. The highest BCUT2D eigenvalue weighted by Crippen LogP contribution is 2.10. The molecule has 1 unspecified atom stereocenters. The Morgan fingerprint density at radius 1 is 1.24 bits per heavy atom. The Balaban J connectivity index is 1.71. The molecular weight excluding hydrogens is 262 g/mol. The third-order valence-corrected chi connectivity index (χ3v) is 3.50. The fraction of sp³-hybridized carbons (Fsp3) is 0.500. The second kappa shape index (κ2) is 7.22. The average Bonchev–Trinajstić information content (AvgIpc) is 2.75. The van der Waals surface area contributed by atoms with E-state index in [1.807, 2.05) is 25.4 Å². The quantitative estimate of drug-likeness (QED) is 0.767. The maximum absolute atomic E-state index is 4.49. The van der Waals surface area contributed by atoms with Crippen molar-refractivity contribution in [2.75, 3.05) is 18.4 Å². The minimum absolute atomic E-state index is 0.392. The van der Waals surface area contributed by atoms with Crippen LogP contribution in [0.3, 0.4) is 0 Å². The first-order valence-corrected chi connectivity index (χ1v) is 7.45. The summed E-state index contributed by atoms with van der Waals surface area (Å²) < 4.78 is 2.06. The van der Waals surface area contributed by atoms with Gasteiger partial charge >= 0.3 is 0 Å². The summed E-state index contributed by atoms with van der Waals surface area (Å²) in [6, 6.07) is 4.51. The van der Waals surface area contributed by atoms with Crippen molar-refractivity contribution in [2.45, 2.75) is 40.3 Å². The maximum atomic E-state index is 4.49. The van der Waals surface area contributed by atoms with Crippen molar-refractivity contribution >= 4 is 5.69 Å². The van der Waals surface area contributed by atoms with Gasteiger partial charge in [-0.25, -0.2) is 0 Å². The largest absolute Gasteiger partial charge is 0.383 e. The fourth-order valence-electron chi connectivity index (χ4n) is 2.37. The van der Waals surface area contributed by atoms with Gasteiger partial charge in [0.15, 0.2) is 0 Å². The highest BCUT2D eigenvalue weighted by atomic mass is 15.3. The monoisotopic (exact) mass is 287 g/mol. The van der Waals surface area contributed by atoms with Gasteiger partial charge in [-0.2, -0.15) is 5.10 Å². The van der Waals surface area contributed by atoms with E-state index in [4.69, 9.17) is 0 Å². The van der Waals surface area contributed by atoms with Crippen LogP contribution in [0.5, 0.6) is 0 Å². The molecule has 0 amide bonds. The van der Waals surface area contributed by atoms with Gasteiger partial charge in [0.05, 0.1) is 12.2 Å². The SMILES string of the molecule is Cc1cc(C)n(CC(C)NCCNc2ccncc2C)n1. The summed E-state index contributed by atoms with van der Waals surface area (Å²) in [7, 11) is 0. The van der Waals surface area contributed by atoms with Crippen LogP contribution in [0.4, 0.5) is 5.69 Å². The van der Waals surface area contributed by atoms with Gasteiger partial charge in [-0.1, -0.05) is 0 Å². The van der Waals surface area contributed by atoms with Crippen molar-refractivity contribution in [3.8, 4) is 0 Å². The minimum Gasteiger partial charge on any atom is -0.383 e. The van der Waals surface area contributed by atoms with E-state index >= 15 is 0 Å². The van der Waals surface area contributed by atoms with Crippen molar-refractivity contribution in [1.29, 1.82) is 0 Å². The zero-order valence-corrected chi connectivity index (χ0v) is 13.3. The van der Waals surface area contributed by atoms with E-state index in [9.17, 15) is 0 Å². The van der Waals surface area contributed by atoms with E-state index in [0.29, 0.717) is 6.04 Å². The number of aromatic nitrogens is 3. The first-order valence-electron chi connectivity index (χ1n) is 7.45. The van der Waals surface area contributed by atoms with Gasteiger partial charge in [0, 0.05) is 42.9 Å². The van der Waals surface area contributed by atoms with Gasteiger partial charge in [0.25, 0.3) is 0 Å². The van der Waals surface area contributed by atoms with Crippen LogP contribution in [-0.4, -0.2) is 33.9 Å². The lowest BCUT2D eigenvalue weighted by Gasteiger charge is -2.16. The molecule has 21 heavy (non-hydrogen) atoms. The Kier molecular flexibility index (Phi) is 5.33. The molecule has 5 nitrogen and oxygen atoms in total. The molecule has 2 N–H and O–H groups in total. The molecule has 0 aliphatic carbocycles. The van der Waals surface area contributed by atoms with Crippen LogP contribution in [0, 0.1) is 20.8 Å². The van der Waals surface area contributed by atoms with E-state index in [1.54, 1.807) is 0 Å². The number of aryl methyl sites for hydroxylation is 3. The molecule has 0 saturated carbocycles. The summed E-state index contributed by atoms with van der Waals surface area (Å²) in [5.41, 5.74) is 4.62. The topological polar surface area (TPSA) is 54.8 Å².